The highest BCUT2D eigenvalue weighted by molar-refractivity contribution is 5.21. The highest BCUT2D eigenvalue weighted by Crippen LogP contribution is 2.09. The summed E-state index contributed by atoms with van der Waals surface area (Å²) in [6, 6.07) is 0. The Morgan fingerprint density at radius 1 is 1.21 bits per heavy atom. The van der Waals surface area contributed by atoms with Crippen LogP contribution < -0.4 is 5.32 Å². The maximum Gasteiger partial charge on any atom is 0.110 e. The van der Waals surface area contributed by atoms with Crippen LogP contribution in [0, 0.1) is 0 Å². The minimum Gasteiger partial charge on any atom is -0.311 e. The molecule has 2 heteroatoms. The Labute approximate surface area is 118 Å². The van der Waals surface area contributed by atoms with Crippen LogP contribution in [-0.4, -0.2) is 13.1 Å². The van der Waals surface area contributed by atoms with Gasteiger partial charge in [-0.3, -0.25) is 0 Å². The van der Waals surface area contributed by atoms with Crippen LogP contribution in [0.4, 0.5) is 4.39 Å². The van der Waals surface area contributed by atoms with Crippen molar-refractivity contribution in [3.8, 4) is 0 Å². The molecule has 0 bridgehead atoms. The van der Waals surface area contributed by atoms with Gasteiger partial charge >= 0.3 is 0 Å². The lowest BCUT2D eigenvalue weighted by Gasteiger charge is -2.03. The second-order valence-electron chi connectivity index (χ2n) is 4.61. The molecule has 19 heavy (non-hydrogen) atoms. The van der Waals surface area contributed by atoms with E-state index in [-0.39, 0.29) is 5.83 Å². The molecule has 0 rings (SSSR count). The Kier molecular flexibility index (Phi) is 12.5. The molecule has 0 aromatic carbocycles. The van der Waals surface area contributed by atoms with Gasteiger partial charge in [0.15, 0.2) is 0 Å². The maximum absolute atomic E-state index is 13.5. The van der Waals surface area contributed by atoms with E-state index in [0.717, 1.165) is 25.0 Å². The Hall–Kier alpha value is -1.15. The van der Waals surface area contributed by atoms with E-state index in [4.69, 9.17) is 0 Å². The molecule has 0 heterocycles. The third kappa shape index (κ3) is 11.7. The van der Waals surface area contributed by atoms with Gasteiger partial charge < -0.3 is 5.32 Å². The third-order valence-electron chi connectivity index (χ3n) is 2.89. The number of hydrogen-bond donors (Lipinski definition) is 1. The van der Waals surface area contributed by atoms with E-state index in [9.17, 15) is 4.39 Å². The van der Waals surface area contributed by atoms with Crippen LogP contribution in [0.15, 0.2) is 48.9 Å². The molecule has 0 aliphatic rings. The van der Waals surface area contributed by atoms with Gasteiger partial charge in [0.05, 0.1) is 0 Å². The molecular formula is C17H28FN. The average Bonchev–Trinajstić information content (AvgIpc) is 2.41. The first-order valence-electron chi connectivity index (χ1n) is 7.23. The number of halogens is 1. The number of rotatable bonds is 12. The fourth-order valence-corrected chi connectivity index (χ4v) is 1.76. The molecular weight excluding hydrogens is 237 g/mol. The molecule has 0 radical (unpaired) electrons. The highest BCUT2D eigenvalue weighted by atomic mass is 19.1. The number of nitrogens with one attached hydrogen (secondary N) is 1. The van der Waals surface area contributed by atoms with Crippen LogP contribution in [0.25, 0.3) is 0 Å². The van der Waals surface area contributed by atoms with Crippen LogP contribution in [-0.2, 0) is 0 Å². The third-order valence-corrected chi connectivity index (χ3v) is 2.89. The molecule has 0 aliphatic heterocycles. The van der Waals surface area contributed by atoms with Gasteiger partial charge in [-0.15, -0.1) is 0 Å². The average molecular weight is 265 g/mol. The summed E-state index contributed by atoms with van der Waals surface area (Å²) >= 11 is 0. The van der Waals surface area contributed by atoms with E-state index in [0.29, 0.717) is 13.0 Å². The minimum absolute atomic E-state index is 0.0718. The lowest BCUT2D eigenvalue weighted by Crippen LogP contribution is -2.17. The van der Waals surface area contributed by atoms with Gasteiger partial charge in [-0.25, -0.2) is 4.39 Å². The van der Waals surface area contributed by atoms with E-state index >= 15 is 0 Å². The van der Waals surface area contributed by atoms with Crippen molar-refractivity contribution >= 4 is 0 Å². The first-order valence-corrected chi connectivity index (χ1v) is 7.23. The second-order valence-corrected chi connectivity index (χ2v) is 4.61. The standard InChI is InChI=1S/C17H28FN/c1-4-7-8-9-14-19-15-17(18)13-10-12-16(6-3)11-5-2/h5-6,11,13,19H,2-4,7-10,12,14-15H2,1H3/b16-11+,17-13+. The van der Waals surface area contributed by atoms with E-state index in [1.165, 1.54) is 19.3 Å². The highest BCUT2D eigenvalue weighted by Gasteiger charge is 1.95. The van der Waals surface area contributed by atoms with Gasteiger partial charge in [-0.1, -0.05) is 63.6 Å². The molecule has 0 aromatic heterocycles. The van der Waals surface area contributed by atoms with Crippen LogP contribution in [0.1, 0.15) is 45.4 Å². The Balaban J connectivity index is 3.68. The van der Waals surface area contributed by atoms with Crippen molar-refractivity contribution in [3.63, 3.8) is 0 Å². The molecule has 0 fully saturated rings. The first kappa shape index (κ1) is 17.8. The minimum atomic E-state index is -0.0718. The monoisotopic (exact) mass is 265 g/mol. The summed E-state index contributed by atoms with van der Waals surface area (Å²) in [5, 5.41) is 3.13. The SMILES string of the molecule is C=C/C=C(\C=C)CC/C=C(/F)CNCCCCCC. The number of unbranched alkanes of at least 4 members (excludes halogenated alkanes) is 3. The van der Waals surface area contributed by atoms with E-state index in [1.54, 1.807) is 18.2 Å². The molecule has 0 aliphatic carbocycles. The number of hydrogen-bond acceptors (Lipinski definition) is 1. The van der Waals surface area contributed by atoms with Crippen LogP contribution in [0.5, 0.6) is 0 Å². The molecule has 0 unspecified atom stereocenters. The van der Waals surface area contributed by atoms with E-state index in [2.05, 4.69) is 25.4 Å². The van der Waals surface area contributed by atoms with Crippen molar-refractivity contribution in [2.75, 3.05) is 13.1 Å². The van der Waals surface area contributed by atoms with Crippen LogP contribution in [0.3, 0.4) is 0 Å². The van der Waals surface area contributed by atoms with E-state index < -0.39 is 0 Å². The second kappa shape index (κ2) is 13.3. The van der Waals surface area contributed by atoms with E-state index in [1.807, 2.05) is 6.08 Å². The van der Waals surface area contributed by atoms with Crippen LogP contribution >= 0.6 is 0 Å². The summed E-state index contributed by atoms with van der Waals surface area (Å²) in [6.45, 7) is 10.8. The van der Waals surface area contributed by atoms with Crippen molar-refractivity contribution < 1.29 is 4.39 Å². The quantitative estimate of drug-likeness (QED) is 0.383. The maximum atomic E-state index is 13.5. The summed E-state index contributed by atoms with van der Waals surface area (Å²) in [7, 11) is 0. The zero-order chi connectivity index (χ0) is 14.3. The Morgan fingerprint density at radius 2 is 2.00 bits per heavy atom. The van der Waals surface area contributed by atoms with Gasteiger partial charge in [0.1, 0.15) is 5.83 Å². The first-order chi connectivity index (χ1) is 9.24. The number of allylic oxidation sites excluding steroid dienone is 5. The summed E-state index contributed by atoms with van der Waals surface area (Å²) in [5.74, 6) is -0.0718. The smallest absolute Gasteiger partial charge is 0.110 e. The predicted octanol–water partition coefficient (Wildman–Crippen LogP) is 5.09. The molecule has 1 nitrogen and oxygen atoms in total. The Bertz CT molecular complexity index is 302. The molecule has 1 N–H and O–H groups in total. The van der Waals surface area contributed by atoms with Gasteiger partial charge in [0.25, 0.3) is 0 Å². The van der Waals surface area contributed by atoms with Gasteiger partial charge in [-0.2, -0.15) is 0 Å². The topological polar surface area (TPSA) is 12.0 Å². The summed E-state index contributed by atoms with van der Waals surface area (Å²) in [4.78, 5) is 0. The van der Waals surface area contributed by atoms with Crippen molar-refractivity contribution in [2.45, 2.75) is 45.4 Å². The van der Waals surface area contributed by atoms with Gasteiger partial charge in [-0.05, 0) is 31.4 Å². The lowest BCUT2D eigenvalue weighted by molar-refractivity contribution is 0.547. The van der Waals surface area contributed by atoms with Crippen molar-refractivity contribution in [1.82, 2.24) is 5.32 Å². The summed E-state index contributed by atoms with van der Waals surface area (Å²) < 4.78 is 13.5. The molecule has 0 saturated carbocycles. The molecule has 0 amide bonds. The van der Waals surface area contributed by atoms with Crippen molar-refractivity contribution in [3.05, 3.63) is 48.9 Å². The lowest BCUT2D eigenvalue weighted by atomic mass is 10.1. The normalized spacial score (nSPS) is 12.5. The molecule has 108 valence electrons. The Morgan fingerprint density at radius 3 is 2.63 bits per heavy atom. The zero-order valence-electron chi connectivity index (χ0n) is 12.3. The molecule has 0 spiro atoms. The van der Waals surface area contributed by atoms with Crippen molar-refractivity contribution in [1.29, 1.82) is 0 Å². The summed E-state index contributed by atoms with van der Waals surface area (Å²) in [6.07, 6.45) is 13.4. The molecule has 0 saturated heterocycles. The fourth-order valence-electron chi connectivity index (χ4n) is 1.76. The molecule has 0 aromatic rings. The molecule has 0 atom stereocenters. The predicted molar refractivity (Wildman–Crippen MR) is 83.9 cm³/mol. The largest absolute Gasteiger partial charge is 0.311 e. The summed E-state index contributed by atoms with van der Waals surface area (Å²) in [5.41, 5.74) is 1.09. The van der Waals surface area contributed by atoms with Crippen molar-refractivity contribution in [2.24, 2.45) is 0 Å². The van der Waals surface area contributed by atoms with Gasteiger partial charge in [0, 0.05) is 6.54 Å². The fraction of sp³-hybridized carbons (Fsp3) is 0.529. The van der Waals surface area contributed by atoms with Gasteiger partial charge in [0.2, 0.25) is 0 Å². The van der Waals surface area contributed by atoms with Crippen LogP contribution in [0.2, 0.25) is 0 Å². The zero-order valence-corrected chi connectivity index (χ0v) is 12.3.